The number of anilines is 1. The average Bonchev–Trinajstić information content (AvgIpc) is 3.33. The van der Waals surface area contributed by atoms with Crippen molar-refractivity contribution >= 4 is 11.6 Å². The van der Waals surface area contributed by atoms with Crippen molar-refractivity contribution in [1.29, 1.82) is 0 Å². The molecule has 0 unspecified atom stereocenters. The van der Waals surface area contributed by atoms with E-state index in [9.17, 15) is 8.78 Å². The SMILES string of the molecule is Cc1nccn2c(-c3ccnc(NCC4(C)CC4)n3)c(-c3ccc(F)cc3F)nc12. The molecule has 6 nitrogen and oxygen atoms in total. The third-order valence-corrected chi connectivity index (χ3v) is 5.58. The van der Waals surface area contributed by atoms with E-state index >= 15 is 0 Å². The molecule has 3 heterocycles. The van der Waals surface area contributed by atoms with Crippen LogP contribution in [0, 0.1) is 24.0 Å². The summed E-state index contributed by atoms with van der Waals surface area (Å²) in [5.74, 6) is -0.812. The lowest BCUT2D eigenvalue weighted by molar-refractivity contribution is 0.585. The highest BCUT2D eigenvalue weighted by Crippen LogP contribution is 2.44. The number of halogens is 2. The van der Waals surface area contributed by atoms with Gasteiger partial charge in [-0.2, -0.15) is 0 Å². The number of hydrogen-bond acceptors (Lipinski definition) is 5. The summed E-state index contributed by atoms with van der Waals surface area (Å²) < 4.78 is 30.0. The topological polar surface area (TPSA) is 68.0 Å². The summed E-state index contributed by atoms with van der Waals surface area (Å²) in [6.45, 7) is 4.85. The van der Waals surface area contributed by atoms with E-state index in [2.05, 4.69) is 32.2 Å². The van der Waals surface area contributed by atoms with Gasteiger partial charge in [0.15, 0.2) is 5.65 Å². The number of rotatable bonds is 5. The second-order valence-electron chi connectivity index (χ2n) is 8.07. The fourth-order valence-electron chi connectivity index (χ4n) is 3.48. The molecule has 1 aliphatic carbocycles. The monoisotopic (exact) mass is 406 g/mol. The van der Waals surface area contributed by atoms with Gasteiger partial charge < -0.3 is 5.32 Å². The number of nitrogens with zero attached hydrogens (tertiary/aromatic N) is 5. The summed E-state index contributed by atoms with van der Waals surface area (Å²) in [6.07, 6.45) is 7.46. The lowest BCUT2D eigenvalue weighted by Crippen LogP contribution is -2.13. The van der Waals surface area contributed by atoms with Crippen molar-refractivity contribution in [2.45, 2.75) is 26.7 Å². The van der Waals surface area contributed by atoms with Gasteiger partial charge in [0.1, 0.15) is 17.3 Å². The molecule has 0 bridgehead atoms. The molecule has 1 N–H and O–H groups in total. The van der Waals surface area contributed by atoms with Crippen molar-refractivity contribution in [3.8, 4) is 22.6 Å². The third kappa shape index (κ3) is 3.28. The Labute approximate surface area is 172 Å². The van der Waals surface area contributed by atoms with Crippen LogP contribution in [0.3, 0.4) is 0 Å². The fraction of sp³-hybridized carbons (Fsp3) is 0.273. The standard InChI is InChI=1S/C22H20F2N6/c1-13-20-29-18(15-4-3-14(23)11-16(15)24)19(30(20)10-9-25-13)17-5-8-26-21(28-17)27-12-22(2)6-7-22/h3-5,8-11H,6-7,12H2,1-2H3,(H,26,27,28). The molecular formula is C22H20F2N6. The van der Waals surface area contributed by atoms with Crippen LogP contribution in [-0.4, -0.2) is 30.9 Å². The smallest absolute Gasteiger partial charge is 0.223 e. The first-order chi connectivity index (χ1) is 14.4. The number of aromatic nitrogens is 5. The quantitative estimate of drug-likeness (QED) is 0.522. The summed E-state index contributed by atoms with van der Waals surface area (Å²) in [5, 5.41) is 3.30. The summed E-state index contributed by atoms with van der Waals surface area (Å²) in [5.41, 5.74) is 3.35. The van der Waals surface area contributed by atoms with E-state index in [0.717, 1.165) is 12.6 Å². The number of fused-ring (bicyclic) bond motifs is 1. The minimum absolute atomic E-state index is 0.202. The number of benzene rings is 1. The second kappa shape index (κ2) is 6.83. The molecule has 1 aliphatic rings. The minimum Gasteiger partial charge on any atom is -0.354 e. The molecule has 0 amide bonds. The zero-order valence-corrected chi connectivity index (χ0v) is 16.7. The molecule has 3 aromatic heterocycles. The molecule has 0 saturated heterocycles. The van der Waals surface area contributed by atoms with Crippen LogP contribution in [0.25, 0.3) is 28.3 Å². The molecule has 1 fully saturated rings. The van der Waals surface area contributed by atoms with Gasteiger partial charge in [0.05, 0.1) is 17.1 Å². The molecule has 5 rings (SSSR count). The maximum atomic E-state index is 14.6. The molecule has 4 aromatic rings. The highest BCUT2D eigenvalue weighted by molar-refractivity contribution is 5.81. The zero-order chi connectivity index (χ0) is 20.9. The normalized spacial score (nSPS) is 14.8. The first kappa shape index (κ1) is 18.6. The molecule has 8 heteroatoms. The second-order valence-corrected chi connectivity index (χ2v) is 8.07. The Morgan fingerprint density at radius 1 is 1.10 bits per heavy atom. The van der Waals surface area contributed by atoms with Crippen LogP contribution < -0.4 is 5.32 Å². The van der Waals surface area contributed by atoms with Crippen molar-refractivity contribution in [2.24, 2.45) is 5.41 Å². The van der Waals surface area contributed by atoms with Gasteiger partial charge in [0.2, 0.25) is 5.95 Å². The van der Waals surface area contributed by atoms with Crippen LogP contribution in [0.4, 0.5) is 14.7 Å². The fourth-order valence-corrected chi connectivity index (χ4v) is 3.48. The van der Waals surface area contributed by atoms with Crippen LogP contribution >= 0.6 is 0 Å². The van der Waals surface area contributed by atoms with Gasteiger partial charge in [0.25, 0.3) is 0 Å². The van der Waals surface area contributed by atoms with Crippen LogP contribution in [0.15, 0.2) is 42.9 Å². The first-order valence-electron chi connectivity index (χ1n) is 9.80. The van der Waals surface area contributed by atoms with E-state index in [1.165, 1.54) is 25.0 Å². The Morgan fingerprint density at radius 2 is 1.93 bits per heavy atom. The third-order valence-electron chi connectivity index (χ3n) is 5.58. The Kier molecular flexibility index (Phi) is 4.23. The molecule has 0 spiro atoms. The van der Waals surface area contributed by atoms with E-state index in [-0.39, 0.29) is 5.56 Å². The maximum absolute atomic E-state index is 14.6. The molecule has 0 aliphatic heterocycles. The molecule has 1 aromatic carbocycles. The lowest BCUT2D eigenvalue weighted by Gasteiger charge is -2.11. The van der Waals surface area contributed by atoms with Crippen LogP contribution in [-0.2, 0) is 0 Å². The largest absolute Gasteiger partial charge is 0.354 e. The van der Waals surface area contributed by atoms with Crippen molar-refractivity contribution in [1.82, 2.24) is 24.3 Å². The van der Waals surface area contributed by atoms with E-state index in [4.69, 9.17) is 0 Å². The minimum atomic E-state index is -0.681. The molecule has 0 radical (unpaired) electrons. The van der Waals surface area contributed by atoms with Gasteiger partial charge in [-0.1, -0.05) is 6.92 Å². The molecule has 30 heavy (non-hydrogen) atoms. The van der Waals surface area contributed by atoms with E-state index in [1.807, 2.05) is 11.3 Å². The molecule has 0 atom stereocenters. The zero-order valence-electron chi connectivity index (χ0n) is 16.7. The molecular weight excluding hydrogens is 386 g/mol. The Balaban J connectivity index is 1.67. The molecule has 1 saturated carbocycles. The Bertz CT molecular complexity index is 1260. The Hall–Kier alpha value is -3.42. The van der Waals surface area contributed by atoms with Crippen molar-refractivity contribution < 1.29 is 8.78 Å². The van der Waals surface area contributed by atoms with Gasteiger partial charge in [-0.3, -0.25) is 9.38 Å². The first-order valence-corrected chi connectivity index (χ1v) is 9.80. The number of aryl methyl sites for hydroxylation is 1. The molecule has 152 valence electrons. The van der Waals surface area contributed by atoms with Crippen molar-refractivity contribution in [3.05, 3.63) is 60.2 Å². The van der Waals surface area contributed by atoms with Gasteiger partial charge >= 0.3 is 0 Å². The summed E-state index contributed by atoms with van der Waals surface area (Å²) >= 11 is 0. The van der Waals surface area contributed by atoms with Crippen molar-refractivity contribution in [3.63, 3.8) is 0 Å². The van der Waals surface area contributed by atoms with Crippen molar-refractivity contribution in [2.75, 3.05) is 11.9 Å². The number of nitrogens with one attached hydrogen (secondary N) is 1. The number of imidazole rings is 1. The number of hydrogen-bond donors (Lipinski definition) is 1. The lowest BCUT2D eigenvalue weighted by atomic mass is 10.1. The van der Waals surface area contributed by atoms with E-state index < -0.39 is 11.6 Å². The highest BCUT2D eigenvalue weighted by Gasteiger charge is 2.37. The summed E-state index contributed by atoms with van der Waals surface area (Å²) in [4.78, 5) is 17.9. The highest BCUT2D eigenvalue weighted by atomic mass is 19.1. The predicted molar refractivity (Wildman–Crippen MR) is 110 cm³/mol. The van der Waals surface area contributed by atoms with E-state index in [0.29, 0.717) is 39.8 Å². The van der Waals surface area contributed by atoms with Gasteiger partial charge in [-0.05, 0) is 43.4 Å². The average molecular weight is 406 g/mol. The van der Waals surface area contributed by atoms with Gasteiger partial charge in [0, 0.05) is 36.8 Å². The maximum Gasteiger partial charge on any atom is 0.223 e. The van der Waals surface area contributed by atoms with Crippen LogP contribution in [0.5, 0.6) is 0 Å². The van der Waals surface area contributed by atoms with Gasteiger partial charge in [-0.15, -0.1) is 0 Å². The predicted octanol–water partition coefficient (Wildman–Crippen LogP) is 4.65. The Morgan fingerprint density at radius 3 is 2.70 bits per heavy atom. The van der Waals surface area contributed by atoms with E-state index in [1.54, 1.807) is 24.7 Å². The van der Waals surface area contributed by atoms with Gasteiger partial charge in [-0.25, -0.2) is 23.7 Å². The summed E-state index contributed by atoms with van der Waals surface area (Å²) in [7, 11) is 0. The van der Waals surface area contributed by atoms with Crippen LogP contribution in [0.1, 0.15) is 25.5 Å². The van der Waals surface area contributed by atoms with Crippen LogP contribution in [0.2, 0.25) is 0 Å². The summed E-state index contributed by atoms with van der Waals surface area (Å²) in [6, 6.07) is 5.24.